The molecule has 0 saturated heterocycles. The molecule has 1 aromatic carbocycles. The quantitative estimate of drug-likeness (QED) is 0.298. The van der Waals surface area contributed by atoms with Gasteiger partial charge >= 0.3 is 11.9 Å². The van der Waals surface area contributed by atoms with E-state index in [0.717, 1.165) is 25.2 Å². The van der Waals surface area contributed by atoms with Crippen LogP contribution in [0.15, 0.2) is 24.3 Å². The van der Waals surface area contributed by atoms with Crippen molar-refractivity contribution >= 4 is 11.9 Å². The third-order valence-corrected chi connectivity index (χ3v) is 3.61. The summed E-state index contributed by atoms with van der Waals surface area (Å²) in [5.74, 6) is -0.796. The van der Waals surface area contributed by atoms with Crippen molar-refractivity contribution in [3.63, 3.8) is 0 Å². The fourth-order valence-corrected chi connectivity index (χ4v) is 2.32. The lowest BCUT2D eigenvalue weighted by atomic mass is 10.0. The zero-order chi connectivity index (χ0) is 17.1. The van der Waals surface area contributed by atoms with Gasteiger partial charge in [0.2, 0.25) is 0 Å². The van der Waals surface area contributed by atoms with E-state index in [4.69, 9.17) is 9.99 Å². The lowest BCUT2D eigenvalue weighted by Gasteiger charge is -2.08. The molecule has 1 rings (SSSR count). The van der Waals surface area contributed by atoms with Crippen molar-refractivity contribution in [2.24, 2.45) is 5.92 Å². The second kappa shape index (κ2) is 10.8. The average Bonchev–Trinajstić information content (AvgIpc) is 2.56. The third-order valence-electron chi connectivity index (χ3n) is 3.61. The van der Waals surface area contributed by atoms with E-state index in [1.807, 2.05) is 0 Å². The van der Waals surface area contributed by atoms with Crippen molar-refractivity contribution in [3.8, 4) is 0 Å². The van der Waals surface area contributed by atoms with Gasteiger partial charge in [0.1, 0.15) is 0 Å². The summed E-state index contributed by atoms with van der Waals surface area (Å²) in [5.41, 5.74) is 0.0946. The molecule has 0 spiro atoms. The number of rotatable bonds is 10. The highest BCUT2D eigenvalue weighted by Crippen LogP contribution is 2.13. The van der Waals surface area contributed by atoms with Gasteiger partial charge in [0.15, 0.2) is 0 Å². The first-order valence-electron chi connectivity index (χ1n) is 8.18. The average molecular weight is 322 g/mol. The summed E-state index contributed by atoms with van der Waals surface area (Å²) in [6.07, 6.45) is 6.67. The summed E-state index contributed by atoms with van der Waals surface area (Å²) in [7, 11) is 0. The molecule has 1 aromatic rings. The molecule has 0 bridgehead atoms. The largest absolute Gasteiger partial charge is 0.462 e. The molecule has 0 aromatic heterocycles. The number of ether oxygens (including phenoxy) is 1. The van der Waals surface area contributed by atoms with Crippen LogP contribution in [0.1, 0.15) is 73.1 Å². The van der Waals surface area contributed by atoms with E-state index in [2.05, 4.69) is 18.7 Å². The van der Waals surface area contributed by atoms with E-state index in [-0.39, 0.29) is 11.1 Å². The molecule has 0 radical (unpaired) electrons. The first kappa shape index (κ1) is 19.2. The zero-order valence-electron chi connectivity index (χ0n) is 13.9. The molecule has 23 heavy (non-hydrogen) atoms. The summed E-state index contributed by atoms with van der Waals surface area (Å²) in [6, 6.07) is 6.09. The zero-order valence-corrected chi connectivity index (χ0v) is 13.9. The predicted octanol–water partition coefficient (Wildman–Crippen LogP) is 4.47. The van der Waals surface area contributed by atoms with E-state index in [9.17, 15) is 9.59 Å². The van der Waals surface area contributed by atoms with E-state index in [0.29, 0.717) is 6.61 Å². The molecule has 0 heterocycles. The van der Waals surface area contributed by atoms with Gasteiger partial charge in [0.25, 0.3) is 0 Å². The highest BCUT2D eigenvalue weighted by atomic mass is 17.1. The molecular weight excluding hydrogens is 296 g/mol. The normalized spacial score (nSPS) is 10.6. The van der Waals surface area contributed by atoms with Crippen LogP contribution in [0.2, 0.25) is 0 Å². The van der Waals surface area contributed by atoms with Gasteiger partial charge in [0.05, 0.1) is 17.7 Å². The number of carbonyl (C=O) groups excluding carboxylic acids is 2. The van der Waals surface area contributed by atoms with E-state index >= 15 is 0 Å². The fraction of sp³-hybridized carbons (Fsp3) is 0.556. The van der Waals surface area contributed by atoms with Crippen LogP contribution in [-0.4, -0.2) is 23.8 Å². The Kier molecular flexibility index (Phi) is 8.98. The maximum absolute atomic E-state index is 12.0. The van der Waals surface area contributed by atoms with Crippen LogP contribution in [0.4, 0.5) is 0 Å². The number of carbonyl (C=O) groups is 2. The lowest BCUT2D eigenvalue weighted by molar-refractivity contribution is -0.182. The molecule has 0 fully saturated rings. The fourth-order valence-electron chi connectivity index (χ4n) is 2.32. The van der Waals surface area contributed by atoms with Crippen LogP contribution in [0.25, 0.3) is 0 Å². The van der Waals surface area contributed by atoms with Crippen LogP contribution < -0.4 is 0 Å². The maximum atomic E-state index is 12.0. The van der Waals surface area contributed by atoms with Crippen molar-refractivity contribution in [1.29, 1.82) is 0 Å². The standard InChI is InChI=1S/C18H26O5/c1-14(2)10-6-4-3-5-9-13-22-17(19)15-11-7-8-12-16(15)18(20)23-21/h7-8,11-12,14,21H,3-6,9-10,13H2,1-2H3. The number of hydrogen-bond donors (Lipinski definition) is 1. The summed E-state index contributed by atoms with van der Waals surface area (Å²) in [6.45, 7) is 4.78. The molecule has 0 amide bonds. The molecule has 5 heteroatoms. The molecule has 0 atom stereocenters. The van der Waals surface area contributed by atoms with Crippen LogP contribution in [0.3, 0.4) is 0 Å². The maximum Gasteiger partial charge on any atom is 0.373 e. The smallest absolute Gasteiger partial charge is 0.373 e. The summed E-state index contributed by atoms with van der Waals surface area (Å²) < 4.78 is 5.18. The Morgan fingerprint density at radius 1 is 0.957 bits per heavy atom. The monoisotopic (exact) mass is 322 g/mol. The minimum Gasteiger partial charge on any atom is -0.462 e. The van der Waals surface area contributed by atoms with Crippen LogP contribution >= 0.6 is 0 Å². The minimum absolute atomic E-state index is 0.00585. The molecule has 5 nitrogen and oxygen atoms in total. The van der Waals surface area contributed by atoms with Gasteiger partial charge in [-0.05, 0) is 24.5 Å². The van der Waals surface area contributed by atoms with E-state index in [1.165, 1.54) is 31.4 Å². The number of benzene rings is 1. The Balaban J connectivity index is 2.28. The molecule has 1 N–H and O–H groups in total. The summed E-state index contributed by atoms with van der Waals surface area (Å²) in [5, 5.41) is 8.44. The van der Waals surface area contributed by atoms with Crippen molar-refractivity contribution in [1.82, 2.24) is 0 Å². The molecule has 0 aliphatic heterocycles. The summed E-state index contributed by atoms with van der Waals surface area (Å²) >= 11 is 0. The summed E-state index contributed by atoms with van der Waals surface area (Å²) in [4.78, 5) is 27.0. The van der Waals surface area contributed by atoms with Gasteiger partial charge in [-0.25, -0.2) is 9.59 Å². The van der Waals surface area contributed by atoms with Gasteiger partial charge in [-0.1, -0.05) is 58.1 Å². The number of unbranched alkanes of at least 4 members (excludes halogenated alkanes) is 4. The first-order valence-corrected chi connectivity index (χ1v) is 8.18. The van der Waals surface area contributed by atoms with E-state index < -0.39 is 11.9 Å². The number of esters is 1. The topological polar surface area (TPSA) is 72.8 Å². The number of hydrogen-bond acceptors (Lipinski definition) is 5. The van der Waals surface area contributed by atoms with Crippen molar-refractivity contribution in [3.05, 3.63) is 35.4 Å². The Morgan fingerprint density at radius 2 is 1.52 bits per heavy atom. The van der Waals surface area contributed by atoms with Crippen LogP contribution in [-0.2, 0) is 9.62 Å². The Hall–Kier alpha value is -1.88. The van der Waals surface area contributed by atoms with Crippen LogP contribution in [0.5, 0.6) is 0 Å². The highest BCUT2D eigenvalue weighted by molar-refractivity contribution is 6.02. The van der Waals surface area contributed by atoms with Crippen molar-refractivity contribution < 1.29 is 24.5 Å². The van der Waals surface area contributed by atoms with Gasteiger partial charge in [-0.2, -0.15) is 5.26 Å². The Labute approximate surface area is 137 Å². The highest BCUT2D eigenvalue weighted by Gasteiger charge is 2.18. The molecule has 128 valence electrons. The third kappa shape index (κ3) is 7.28. The second-order valence-corrected chi connectivity index (χ2v) is 6.01. The minimum atomic E-state index is -0.970. The predicted molar refractivity (Wildman–Crippen MR) is 87.3 cm³/mol. The van der Waals surface area contributed by atoms with Crippen LogP contribution in [0, 0.1) is 5.92 Å². The van der Waals surface area contributed by atoms with Gasteiger partial charge in [-0.3, -0.25) is 4.89 Å². The van der Waals surface area contributed by atoms with Crippen molar-refractivity contribution in [2.75, 3.05) is 6.61 Å². The van der Waals surface area contributed by atoms with E-state index in [1.54, 1.807) is 12.1 Å². The SMILES string of the molecule is CC(C)CCCCCCCOC(=O)c1ccccc1C(=O)OO. The molecule has 0 saturated carbocycles. The molecule has 0 aliphatic rings. The van der Waals surface area contributed by atoms with Crippen molar-refractivity contribution in [2.45, 2.75) is 52.4 Å². The van der Waals surface area contributed by atoms with Gasteiger partial charge < -0.3 is 4.74 Å². The second-order valence-electron chi connectivity index (χ2n) is 6.01. The lowest BCUT2D eigenvalue weighted by Crippen LogP contribution is -2.13. The molecule has 0 aliphatic carbocycles. The molecule has 0 unspecified atom stereocenters. The molecular formula is C18H26O5. The first-order chi connectivity index (χ1) is 11.1. The Bertz CT molecular complexity index is 496. The van der Waals surface area contributed by atoms with Gasteiger partial charge in [-0.15, -0.1) is 0 Å². The van der Waals surface area contributed by atoms with Gasteiger partial charge in [0, 0.05) is 0 Å². The Morgan fingerprint density at radius 3 is 2.13 bits per heavy atom.